The van der Waals surface area contributed by atoms with E-state index in [1.54, 1.807) is 0 Å². The van der Waals surface area contributed by atoms with E-state index in [1.165, 1.54) is 12.8 Å². The summed E-state index contributed by atoms with van der Waals surface area (Å²) in [5.74, 6) is -0.0308. The van der Waals surface area contributed by atoms with Crippen LogP contribution in [0, 0.1) is 5.41 Å². The van der Waals surface area contributed by atoms with Crippen LogP contribution >= 0.6 is 22.6 Å². The first-order chi connectivity index (χ1) is 8.10. The van der Waals surface area contributed by atoms with Crippen molar-refractivity contribution in [3.8, 4) is 0 Å². The molecule has 106 valence electrons. The van der Waals surface area contributed by atoms with E-state index in [0.29, 0.717) is 0 Å². The van der Waals surface area contributed by atoms with Gasteiger partial charge in [-0.25, -0.2) is 0 Å². The second-order valence-corrected chi connectivity index (χ2v) is 9.45. The molecule has 1 atom stereocenters. The molecular weight excluding hydrogens is 339 g/mol. The van der Waals surface area contributed by atoms with Crippen molar-refractivity contribution in [3.05, 3.63) is 0 Å². The molecule has 0 bridgehead atoms. The van der Waals surface area contributed by atoms with Crippen LogP contribution in [-0.4, -0.2) is 15.0 Å². The minimum Gasteiger partial charge on any atom is -0.458 e. The van der Waals surface area contributed by atoms with E-state index in [-0.39, 0.29) is 20.4 Å². The van der Waals surface area contributed by atoms with Crippen LogP contribution in [0.2, 0.25) is 0 Å². The highest BCUT2D eigenvalue weighted by molar-refractivity contribution is 14.1. The Labute approximate surface area is 125 Å². The summed E-state index contributed by atoms with van der Waals surface area (Å²) in [6.45, 7) is 10.7. The number of carbonyl (C=O) groups is 1. The highest BCUT2D eigenvalue weighted by atomic mass is 127. The predicted octanol–water partition coefficient (Wildman–Crippen LogP) is 4.88. The van der Waals surface area contributed by atoms with Crippen molar-refractivity contribution < 1.29 is 9.53 Å². The Kier molecular flexibility index (Phi) is 5.13. The smallest absolute Gasteiger partial charge is 0.322 e. The molecule has 0 saturated heterocycles. The number of alkyl halides is 1. The third kappa shape index (κ3) is 4.39. The molecule has 1 rings (SSSR count). The van der Waals surface area contributed by atoms with Gasteiger partial charge in [0.15, 0.2) is 0 Å². The van der Waals surface area contributed by atoms with Crippen LogP contribution in [0.4, 0.5) is 0 Å². The predicted molar refractivity (Wildman–Crippen MR) is 84.1 cm³/mol. The average molecular weight is 366 g/mol. The lowest BCUT2D eigenvalue weighted by molar-refractivity contribution is -0.164. The summed E-state index contributed by atoms with van der Waals surface area (Å²) in [6.07, 6.45) is 6.24. The molecule has 1 unspecified atom stereocenters. The molecule has 0 aromatic rings. The topological polar surface area (TPSA) is 26.3 Å². The van der Waals surface area contributed by atoms with Gasteiger partial charge in [0, 0.05) is 0 Å². The Balaban J connectivity index is 2.78. The average Bonchev–Trinajstić information content (AvgIpc) is 2.63. The molecule has 0 spiro atoms. The van der Waals surface area contributed by atoms with Gasteiger partial charge in [-0.3, -0.25) is 4.79 Å². The van der Waals surface area contributed by atoms with Crippen molar-refractivity contribution in [1.29, 1.82) is 0 Å². The van der Waals surface area contributed by atoms with E-state index in [2.05, 4.69) is 43.4 Å². The molecule has 0 heterocycles. The highest BCUT2D eigenvalue weighted by Crippen LogP contribution is 2.43. The third-order valence-electron chi connectivity index (χ3n) is 3.77. The lowest BCUT2D eigenvalue weighted by Gasteiger charge is -2.37. The zero-order valence-electron chi connectivity index (χ0n) is 12.4. The molecule has 0 aliphatic heterocycles. The third-order valence-corrected chi connectivity index (χ3v) is 4.97. The van der Waals surface area contributed by atoms with E-state index in [9.17, 15) is 4.79 Å². The maximum Gasteiger partial charge on any atom is 0.322 e. The highest BCUT2D eigenvalue weighted by Gasteiger charge is 2.43. The van der Waals surface area contributed by atoms with Crippen LogP contribution in [0.3, 0.4) is 0 Å². The Hall–Kier alpha value is 0.200. The molecule has 1 aliphatic rings. The summed E-state index contributed by atoms with van der Waals surface area (Å²) < 4.78 is 5.60. The fourth-order valence-corrected chi connectivity index (χ4v) is 2.86. The minimum atomic E-state index is -0.384. The van der Waals surface area contributed by atoms with E-state index in [4.69, 9.17) is 4.74 Å². The second-order valence-electron chi connectivity index (χ2n) is 7.07. The summed E-state index contributed by atoms with van der Waals surface area (Å²) in [5.41, 5.74) is 0.00937. The zero-order chi connectivity index (χ0) is 14.0. The molecule has 0 N–H and O–H groups in total. The summed E-state index contributed by atoms with van der Waals surface area (Å²) in [7, 11) is 0. The molecule has 0 radical (unpaired) electrons. The minimum absolute atomic E-state index is 0.0308. The molecule has 3 heteroatoms. The van der Waals surface area contributed by atoms with Crippen molar-refractivity contribution in [2.45, 2.75) is 82.2 Å². The van der Waals surface area contributed by atoms with Crippen molar-refractivity contribution in [1.82, 2.24) is 0 Å². The summed E-state index contributed by atoms with van der Waals surface area (Å²) in [5, 5.41) is 0. The Morgan fingerprint density at radius 2 is 1.72 bits per heavy atom. The maximum atomic E-state index is 12.3. The molecule has 2 nitrogen and oxygen atoms in total. The van der Waals surface area contributed by atoms with Gasteiger partial charge < -0.3 is 4.74 Å². The van der Waals surface area contributed by atoms with E-state index in [0.717, 1.165) is 25.7 Å². The SMILES string of the molecule is CCC(C)(I)C(=O)OC1(CC(C)(C)C)CCCC1. The van der Waals surface area contributed by atoms with Gasteiger partial charge in [-0.15, -0.1) is 0 Å². The molecule has 0 aromatic heterocycles. The number of rotatable bonds is 4. The number of esters is 1. The van der Waals surface area contributed by atoms with E-state index >= 15 is 0 Å². The second kappa shape index (κ2) is 5.68. The van der Waals surface area contributed by atoms with Gasteiger partial charge in [-0.05, 0) is 50.9 Å². The van der Waals surface area contributed by atoms with E-state index < -0.39 is 0 Å². The lowest BCUT2D eigenvalue weighted by Crippen LogP contribution is -2.41. The molecule has 0 amide bonds. The number of ether oxygens (including phenoxy) is 1. The first-order valence-corrected chi connectivity index (χ1v) is 8.10. The van der Waals surface area contributed by atoms with Gasteiger partial charge in [0.25, 0.3) is 0 Å². The van der Waals surface area contributed by atoms with Crippen molar-refractivity contribution in [3.63, 3.8) is 0 Å². The van der Waals surface area contributed by atoms with Crippen molar-refractivity contribution in [2.24, 2.45) is 5.41 Å². The molecule has 1 saturated carbocycles. The van der Waals surface area contributed by atoms with Crippen molar-refractivity contribution >= 4 is 28.6 Å². The summed E-state index contributed by atoms with van der Waals surface area (Å²) in [4.78, 5) is 12.3. The van der Waals surface area contributed by atoms with Gasteiger partial charge in [-0.1, -0.05) is 50.3 Å². The van der Waals surface area contributed by atoms with Gasteiger partial charge in [0.05, 0.1) is 0 Å². The normalized spacial score (nSPS) is 22.6. The van der Waals surface area contributed by atoms with Gasteiger partial charge >= 0.3 is 5.97 Å². The van der Waals surface area contributed by atoms with Gasteiger partial charge in [0.1, 0.15) is 9.02 Å². The quantitative estimate of drug-likeness (QED) is 0.403. The number of hydrogen-bond donors (Lipinski definition) is 0. The van der Waals surface area contributed by atoms with Crippen molar-refractivity contribution in [2.75, 3.05) is 0 Å². The Bertz CT molecular complexity index is 296. The molecule has 0 aromatic carbocycles. The Morgan fingerprint density at radius 3 is 2.11 bits per heavy atom. The molecule has 18 heavy (non-hydrogen) atoms. The standard InChI is InChI=1S/C15H27IO2/c1-6-14(5,16)12(17)18-15(9-7-8-10-15)11-13(2,3)4/h6-11H2,1-5H3. The lowest BCUT2D eigenvalue weighted by atomic mass is 9.80. The van der Waals surface area contributed by atoms with Crippen LogP contribution in [-0.2, 0) is 9.53 Å². The van der Waals surface area contributed by atoms with Crippen LogP contribution < -0.4 is 0 Å². The fourth-order valence-electron chi connectivity index (χ4n) is 2.75. The first-order valence-electron chi connectivity index (χ1n) is 7.03. The fraction of sp³-hybridized carbons (Fsp3) is 0.933. The monoisotopic (exact) mass is 366 g/mol. The zero-order valence-corrected chi connectivity index (χ0v) is 14.6. The number of halogens is 1. The molecule has 1 aliphatic carbocycles. The van der Waals surface area contributed by atoms with E-state index in [1.807, 2.05) is 13.8 Å². The Morgan fingerprint density at radius 1 is 1.22 bits per heavy atom. The van der Waals surface area contributed by atoms with Gasteiger partial charge in [0.2, 0.25) is 0 Å². The summed E-state index contributed by atoms with van der Waals surface area (Å²) >= 11 is 2.22. The largest absolute Gasteiger partial charge is 0.458 e. The first kappa shape index (κ1) is 16.3. The number of hydrogen-bond acceptors (Lipinski definition) is 2. The summed E-state index contributed by atoms with van der Waals surface area (Å²) in [6, 6.07) is 0. The van der Waals surface area contributed by atoms with Crippen LogP contribution in [0.15, 0.2) is 0 Å². The maximum absolute atomic E-state index is 12.3. The molecular formula is C15H27IO2. The van der Waals surface area contributed by atoms with Crippen LogP contribution in [0.5, 0.6) is 0 Å². The van der Waals surface area contributed by atoms with Crippen LogP contribution in [0.1, 0.15) is 73.1 Å². The number of carbonyl (C=O) groups excluding carboxylic acids is 1. The molecule has 1 fully saturated rings. The van der Waals surface area contributed by atoms with Crippen LogP contribution in [0.25, 0.3) is 0 Å². The van der Waals surface area contributed by atoms with Gasteiger partial charge in [-0.2, -0.15) is 0 Å².